The molecule has 3 aromatic carbocycles. The fourth-order valence-corrected chi connectivity index (χ4v) is 3.95. The van der Waals surface area contributed by atoms with Gasteiger partial charge in [-0.2, -0.15) is 8.42 Å². The van der Waals surface area contributed by atoms with Gasteiger partial charge in [0.2, 0.25) is 5.78 Å². The summed E-state index contributed by atoms with van der Waals surface area (Å²) in [6.45, 7) is 1.86. The van der Waals surface area contributed by atoms with Crippen LogP contribution < -0.4 is 13.7 Å². The smallest absolute Gasteiger partial charge is 0.339 e. The van der Waals surface area contributed by atoms with Gasteiger partial charge in [-0.1, -0.05) is 35.9 Å². The predicted octanol–water partition coefficient (Wildman–Crippen LogP) is 4.39. The molecule has 0 aliphatic carbocycles. The Kier molecular flexibility index (Phi) is 5.05. The zero-order chi connectivity index (χ0) is 21.3. The maximum absolute atomic E-state index is 12.7. The number of carbonyl (C=O) groups excluding carboxylic acids is 1. The van der Waals surface area contributed by atoms with Crippen LogP contribution in [0.15, 0.2) is 77.4 Å². The first-order valence-corrected chi connectivity index (χ1v) is 10.5. The van der Waals surface area contributed by atoms with E-state index in [1.165, 1.54) is 30.3 Å². The highest BCUT2D eigenvalue weighted by atomic mass is 32.2. The van der Waals surface area contributed by atoms with E-state index in [1.54, 1.807) is 37.5 Å². The third-order valence-corrected chi connectivity index (χ3v) is 5.84. The predicted molar refractivity (Wildman–Crippen MR) is 111 cm³/mol. The lowest BCUT2D eigenvalue weighted by molar-refractivity contribution is 0.101. The largest absolute Gasteiger partial charge is 0.496 e. The van der Waals surface area contributed by atoms with Gasteiger partial charge in [-0.25, -0.2) is 0 Å². The van der Waals surface area contributed by atoms with Gasteiger partial charge in [0.1, 0.15) is 22.1 Å². The molecule has 4 rings (SSSR count). The van der Waals surface area contributed by atoms with Crippen molar-refractivity contribution in [3.63, 3.8) is 0 Å². The minimum absolute atomic E-state index is 0.0438. The number of methoxy groups -OCH3 is 1. The quantitative estimate of drug-likeness (QED) is 0.448. The highest BCUT2D eigenvalue weighted by molar-refractivity contribution is 7.87. The van der Waals surface area contributed by atoms with Crippen LogP contribution in [0.25, 0.3) is 6.08 Å². The number of ether oxygens (including phenoxy) is 2. The zero-order valence-corrected chi connectivity index (χ0v) is 17.1. The van der Waals surface area contributed by atoms with E-state index in [-0.39, 0.29) is 27.9 Å². The molecule has 3 aromatic rings. The number of hydrogen-bond donors (Lipinski definition) is 0. The second-order valence-corrected chi connectivity index (χ2v) is 8.24. The van der Waals surface area contributed by atoms with Crippen molar-refractivity contribution in [1.29, 1.82) is 0 Å². The van der Waals surface area contributed by atoms with Crippen molar-refractivity contribution in [2.75, 3.05) is 7.11 Å². The second kappa shape index (κ2) is 7.68. The van der Waals surface area contributed by atoms with Gasteiger partial charge in [-0.3, -0.25) is 4.79 Å². The molecule has 0 saturated carbocycles. The maximum atomic E-state index is 12.7. The summed E-state index contributed by atoms with van der Waals surface area (Å²) < 4.78 is 41.2. The molecule has 0 fully saturated rings. The van der Waals surface area contributed by atoms with Crippen LogP contribution in [0, 0.1) is 6.92 Å². The first kappa shape index (κ1) is 19.7. The van der Waals surface area contributed by atoms with E-state index in [0.29, 0.717) is 16.9 Å². The van der Waals surface area contributed by atoms with E-state index in [4.69, 9.17) is 13.7 Å². The number of allylic oxidation sites excluding steroid dienone is 1. The Balaban J connectivity index is 1.61. The Morgan fingerprint density at radius 3 is 2.43 bits per heavy atom. The van der Waals surface area contributed by atoms with Crippen LogP contribution in [-0.2, 0) is 10.1 Å². The minimum Gasteiger partial charge on any atom is -0.496 e. The van der Waals surface area contributed by atoms with Crippen molar-refractivity contribution in [3.05, 3.63) is 89.2 Å². The molecule has 0 N–H and O–H groups in total. The Labute approximate surface area is 174 Å². The number of rotatable bonds is 5. The van der Waals surface area contributed by atoms with Gasteiger partial charge in [0, 0.05) is 11.6 Å². The van der Waals surface area contributed by atoms with Crippen molar-refractivity contribution >= 4 is 22.0 Å². The summed E-state index contributed by atoms with van der Waals surface area (Å²) in [6.07, 6.45) is 1.59. The fraction of sp³-hybridized carbons (Fsp3) is 0.0870. The van der Waals surface area contributed by atoms with Crippen molar-refractivity contribution in [2.45, 2.75) is 11.8 Å². The SMILES string of the molecule is COc1ccccc1C=C1Oc2cc(OS(=O)(=O)c3ccc(C)cc3)ccc2C1=O. The van der Waals surface area contributed by atoms with Crippen molar-refractivity contribution in [2.24, 2.45) is 0 Å². The summed E-state index contributed by atoms with van der Waals surface area (Å²) in [5.41, 5.74) is 1.96. The monoisotopic (exact) mass is 422 g/mol. The molecule has 0 saturated heterocycles. The Hall–Kier alpha value is -3.58. The highest BCUT2D eigenvalue weighted by Crippen LogP contribution is 2.36. The average molecular weight is 422 g/mol. The average Bonchev–Trinajstić information content (AvgIpc) is 3.03. The molecule has 0 radical (unpaired) electrons. The fourth-order valence-electron chi connectivity index (χ4n) is 3.03. The Bertz CT molecular complexity index is 1260. The third kappa shape index (κ3) is 3.79. The number of para-hydroxylation sites is 1. The number of benzene rings is 3. The van der Waals surface area contributed by atoms with Gasteiger partial charge in [0.15, 0.2) is 5.76 Å². The minimum atomic E-state index is -4.00. The first-order valence-electron chi connectivity index (χ1n) is 9.10. The topological polar surface area (TPSA) is 78.9 Å². The van der Waals surface area contributed by atoms with Crippen LogP contribution in [0.4, 0.5) is 0 Å². The summed E-state index contributed by atoms with van der Waals surface area (Å²) in [4.78, 5) is 12.7. The third-order valence-electron chi connectivity index (χ3n) is 4.58. The van der Waals surface area contributed by atoms with Gasteiger partial charge in [0.05, 0.1) is 12.7 Å². The van der Waals surface area contributed by atoms with Crippen LogP contribution in [0.3, 0.4) is 0 Å². The lowest BCUT2D eigenvalue weighted by Gasteiger charge is -2.08. The summed E-state index contributed by atoms with van der Waals surface area (Å²) in [7, 11) is -2.46. The Morgan fingerprint density at radius 2 is 1.70 bits per heavy atom. The summed E-state index contributed by atoms with van der Waals surface area (Å²) >= 11 is 0. The van der Waals surface area contributed by atoms with Gasteiger partial charge >= 0.3 is 10.1 Å². The van der Waals surface area contributed by atoms with E-state index in [2.05, 4.69) is 0 Å². The van der Waals surface area contributed by atoms with Crippen molar-refractivity contribution in [3.8, 4) is 17.2 Å². The van der Waals surface area contributed by atoms with Gasteiger partial charge in [-0.05, 0) is 43.3 Å². The van der Waals surface area contributed by atoms with E-state index < -0.39 is 10.1 Å². The number of ketones is 1. The van der Waals surface area contributed by atoms with E-state index >= 15 is 0 Å². The number of Topliss-reactive ketones (excluding diaryl/α,β-unsaturated/α-hetero) is 1. The summed E-state index contributed by atoms with van der Waals surface area (Å²) in [5.74, 6) is 0.709. The molecule has 0 aromatic heterocycles. The molecule has 0 bridgehead atoms. The van der Waals surface area contributed by atoms with Crippen LogP contribution in [0.5, 0.6) is 17.2 Å². The van der Waals surface area contributed by atoms with Crippen LogP contribution in [0.1, 0.15) is 21.5 Å². The zero-order valence-electron chi connectivity index (χ0n) is 16.3. The second-order valence-electron chi connectivity index (χ2n) is 6.69. The molecule has 0 unspecified atom stereocenters. The number of fused-ring (bicyclic) bond motifs is 1. The van der Waals surface area contributed by atoms with Crippen molar-refractivity contribution in [1.82, 2.24) is 0 Å². The van der Waals surface area contributed by atoms with Crippen LogP contribution in [0.2, 0.25) is 0 Å². The molecule has 1 heterocycles. The Morgan fingerprint density at radius 1 is 0.967 bits per heavy atom. The van der Waals surface area contributed by atoms with Gasteiger partial charge < -0.3 is 13.7 Å². The number of carbonyl (C=O) groups is 1. The molecule has 0 atom stereocenters. The molecule has 0 spiro atoms. The summed E-state index contributed by atoms with van der Waals surface area (Å²) in [6, 6.07) is 17.9. The molecule has 152 valence electrons. The lowest BCUT2D eigenvalue weighted by atomic mass is 10.1. The molecule has 6 nitrogen and oxygen atoms in total. The van der Waals surface area contributed by atoms with Gasteiger partial charge in [-0.15, -0.1) is 0 Å². The normalized spacial score (nSPS) is 14.3. The van der Waals surface area contributed by atoms with E-state index in [1.807, 2.05) is 19.1 Å². The molecular formula is C23H18O6S. The lowest BCUT2D eigenvalue weighted by Crippen LogP contribution is -2.09. The molecule has 1 aliphatic heterocycles. The molecule has 0 amide bonds. The maximum Gasteiger partial charge on any atom is 0.339 e. The molecule has 1 aliphatic rings. The molecule has 30 heavy (non-hydrogen) atoms. The number of hydrogen-bond acceptors (Lipinski definition) is 6. The summed E-state index contributed by atoms with van der Waals surface area (Å²) in [5, 5.41) is 0. The molecular weight excluding hydrogens is 404 g/mol. The molecule has 7 heteroatoms. The van der Waals surface area contributed by atoms with Crippen molar-refractivity contribution < 1.29 is 26.9 Å². The van der Waals surface area contributed by atoms with Gasteiger partial charge in [0.25, 0.3) is 0 Å². The van der Waals surface area contributed by atoms with E-state index in [0.717, 1.165) is 5.56 Å². The van der Waals surface area contributed by atoms with E-state index in [9.17, 15) is 13.2 Å². The number of aryl methyl sites for hydroxylation is 1. The first-order chi connectivity index (χ1) is 14.4. The van der Waals surface area contributed by atoms with Crippen LogP contribution in [-0.4, -0.2) is 21.3 Å². The van der Waals surface area contributed by atoms with Crippen LogP contribution >= 0.6 is 0 Å². The highest BCUT2D eigenvalue weighted by Gasteiger charge is 2.29. The standard InChI is InChI=1S/C23H18O6S/c1-15-7-10-18(11-8-15)30(25,26)29-17-9-12-19-21(14-17)28-22(23(19)24)13-16-5-3-4-6-20(16)27-2/h3-14H,1-2H3.